The van der Waals surface area contributed by atoms with Crippen molar-refractivity contribution < 1.29 is 4.79 Å². The van der Waals surface area contributed by atoms with Crippen LogP contribution in [-0.2, 0) is 6.54 Å². The van der Waals surface area contributed by atoms with Crippen molar-refractivity contribution in [2.45, 2.75) is 6.54 Å². The Morgan fingerprint density at radius 2 is 2.00 bits per heavy atom. The van der Waals surface area contributed by atoms with Gasteiger partial charge in [-0.25, -0.2) is 4.68 Å². The summed E-state index contributed by atoms with van der Waals surface area (Å²) in [4.78, 5) is 18.5. The molecule has 0 radical (unpaired) electrons. The van der Waals surface area contributed by atoms with Crippen LogP contribution in [0.5, 0.6) is 0 Å². The molecule has 2 aromatic heterocycles. The molecule has 0 spiro atoms. The van der Waals surface area contributed by atoms with E-state index < -0.39 is 0 Å². The molecule has 8 heteroatoms. The van der Waals surface area contributed by atoms with Gasteiger partial charge in [0.15, 0.2) is 0 Å². The van der Waals surface area contributed by atoms with Crippen molar-refractivity contribution in [2.24, 2.45) is 0 Å². The minimum atomic E-state index is 0.0608. The first-order valence-corrected chi connectivity index (χ1v) is 9.05. The molecule has 1 amide bonds. The lowest BCUT2D eigenvalue weighted by Gasteiger charge is -2.34. The summed E-state index contributed by atoms with van der Waals surface area (Å²) in [6.45, 7) is 4.26. The average molecular weight is 354 g/mol. The SMILES string of the molecule is O=C(c1cccc(-n2cnnn2)c1)N1CCN(Cc2cccs2)CC1. The van der Waals surface area contributed by atoms with Crippen LogP contribution in [0, 0.1) is 0 Å². The molecule has 0 aliphatic carbocycles. The molecule has 0 saturated carbocycles. The van der Waals surface area contributed by atoms with Crippen molar-refractivity contribution in [1.82, 2.24) is 30.0 Å². The van der Waals surface area contributed by atoms with Gasteiger partial charge in [0.25, 0.3) is 5.91 Å². The van der Waals surface area contributed by atoms with Crippen molar-refractivity contribution in [3.05, 3.63) is 58.5 Å². The zero-order valence-corrected chi connectivity index (χ0v) is 14.5. The van der Waals surface area contributed by atoms with Crippen molar-refractivity contribution >= 4 is 17.2 Å². The molecular formula is C17H18N6OS. The van der Waals surface area contributed by atoms with Gasteiger partial charge in [-0.1, -0.05) is 12.1 Å². The van der Waals surface area contributed by atoms with Crippen LogP contribution < -0.4 is 0 Å². The van der Waals surface area contributed by atoms with Gasteiger partial charge in [-0.3, -0.25) is 9.69 Å². The predicted octanol–water partition coefficient (Wildman–Crippen LogP) is 1.68. The van der Waals surface area contributed by atoms with Gasteiger partial charge in [0.2, 0.25) is 0 Å². The predicted molar refractivity (Wildman–Crippen MR) is 94.7 cm³/mol. The number of carbonyl (C=O) groups is 1. The van der Waals surface area contributed by atoms with Gasteiger partial charge in [-0.15, -0.1) is 16.4 Å². The van der Waals surface area contributed by atoms with Crippen molar-refractivity contribution in [1.29, 1.82) is 0 Å². The van der Waals surface area contributed by atoms with Crippen molar-refractivity contribution in [3.8, 4) is 5.69 Å². The number of tetrazole rings is 1. The van der Waals surface area contributed by atoms with Crippen LogP contribution in [0.2, 0.25) is 0 Å². The highest BCUT2D eigenvalue weighted by molar-refractivity contribution is 7.09. The van der Waals surface area contributed by atoms with E-state index in [9.17, 15) is 4.79 Å². The van der Waals surface area contributed by atoms with Crippen LogP contribution in [0.4, 0.5) is 0 Å². The van der Waals surface area contributed by atoms with Crippen LogP contribution in [-0.4, -0.2) is 62.1 Å². The smallest absolute Gasteiger partial charge is 0.254 e. The topological polar surface area (TPSA) is 67.2 Å². The molecule has 1 saturated heterocycles. The normalized spacial score (nSPS) is 15.4. The summed E-state index contributed by atoms with van der Waals surface area (Å²) in [5.74, 6) is 0.0608. The minimum absolute atomic E-state index is 0.0608. The van der Waals surface area contributed by atoms with E-state index >= 15 is 0 Å². The molecule has 1 aromatic carbocycles. The molecule has 1 aliphatic rings. The molecular weight excluding hydrogens is 336 g/mol. The summed E-state index contributed by atoms with van der Waals surface area (Å²) in [5, 5.41) is 13.2. The molecule has 128 valence electrons. The number of aromatic nitrogens is 4. The molecule has 0 unspecified atom stereocenters. The third-order valence-corrected chi connectivity index (χ3v) is 5.19. The Balaban J connectivity index is 1.40. The number of carbonyl (C=O) groups excluding carboxylic acids is 1. The van der Waals surface area contributed by atoms with Crippen molar-refractivity contribution in [2.75, 3.05) is 26.2 Å². The summed E-state index contributed by atoms with van der Waals surface area (Å²) in [6, 6.07) is 11.7. The Hall–Kier alpha value is -2.58. The van der Waals surface area contributed by atoms with E-state index in [1.54, 1.807) is 16.0 Å². The summed E-state index contributed by atoms with van der Waals surface area (Å²) in [6.07, 6.45) is 1.52. The Labute approximate surface area is 149 Å². The number of hydrogen-bond acceptors (Lipinski definition) is 6. The summed E-state index contributed by atoms with van der Waals surface area (Å²) in [5.41, 5.74) is 1.45. The zero-order chi connectivity index (χ0) is 17.1. The molecule has 0 bridgehead atoms. The van der Waals surface area contributed by atoms with Gasteiger partial charge in [0.1, 0.15) is 6.33 Å². The molecule has 3 aromatic rings. The number of hydrogen-bond donors (Lipinski definition) is 0. The van der Waals surface area contributed by atoms with E-state index in [-0.39, 0.29) is 5.91 Å². The number of nitrogens with zero attached hydrogens (tertiary/aromatic N) is 6. The van der Waals surface area contributed by atoms with E-state index in [0.717, 1.165) is 38.4 Å². The van der Waals surface area contributed by atoms with Gasteiger partial charge in [0, 0.05) is 43.2 Å². The lowest BCUT2D eigenvalue weighted by molar-refractivity contribution is 0.0629. The summed E-state index contributed by atoms with van der Waals surface area (Å²) < 4.78 is 1.55. The zero-order valence-electron chi connectivity index (χ0n) is 13.7. The average Bonchev–Trinajstić information content (AvgIpc) is 3.36. The molecule has 1 fully saturated rings. The number of benzene rings is 1. The van der Waals surface area contributed by atoms with E-state index in [0.29, 0.717) is 5.56 Å². The van der Waals surface area contributed by atoms with Gasteiger partial charge in [-0.2, -0.15) is 0 Å². The monoisotopic (exact) mass is 354 g/mol. The Kier molecular flexibility index (Phi) is 4.53. The molecule has 0 N–H and O–H groups in total. The highest BCUT2D eigenvalue weighted by atomic mass is 32.1. The molecule has 4 rings (SSSR count). The van der Waals surface area contributed by atoms with E-state index in [1.807, 2.05) is 29.2 Å². The second kappa shape index (κ2) is 7.12. The van der Waals surface area contributed by atoms with E-state index in [1.165, 1.54) is 11.2 Å². The standard InChI is InChI=1S/C17H18N6OS/c24-17(14-3-1-4-15(11-14)23-13-18-19-20-23)22-8-6-21(7-9-22)12-16-5-2-10-25-16/h1-5,10-11,13H,6-9,12H2. The fourth-order valence-electron chi connectivity index (χ4n) is 2.98. The molecule has 25 heavy (non-hydrogen) atoms. The maximum absolute atomic E-state index is 12.8. The molecule has 7 nitrogen and oxygen atoms in total. The van der Waals surface area contributed by atoms with Gasteiger partial charge in [0.05, 0.1) is 5.69 Å². The Morgan fingerprint density at radius 3 is 2.72 bits per heavy atom. The third kappa shape index (κ3) is 3.59. The van der Waals surface area contributed by atoms with E-state index in [4.69, 9.17) is 0 Å². The second-order valence-corrected chi connectivity index (χ2v) is 6.98. The fourth-order valence-corrected chi connectivity index (χ4v) is 3.72. The first-order chi connectivity index (χ1) is 12.3. The lowest BCUT2D eigenvalue weighted by atomic mass is 10.1. The minimum Gasteiger partial charge on any atom is -0.336 e. The van der Waals surface area contributed by atoms with Crippen LogP contribution in [0.25, 0.3) is 5.69 Å². The van der Waals surface area contributed by atoms with Crippen LogP contribution in [0.1, 0.15) is 15.2 Å². The van der Waals surface area contributed by atoms with E-state index in [2.05, 4.69) is 37.9 Å². The molecule has 1 aliphatic heterocycles. The third-order valence-electron chi connectivity index (χ3n) is 4.33. The summed E-state index contributed by atoms with van der Waals surface area (Å²) >= 11 is 1.78. The van der Waals surface area contributed by atoms with Gasteiger partial charge in [-0.05, 0) is 40.1 Å². The van der Waals surface area contributed by atoms with Gasteiger partial charge >= 0.3 is 0 Å². The Morgan fingerprint density at radius 1 is 1.12 bits per heavy atom. The van der Waals surface area contributed by atoms with Crippen LogP contribution >= 0.6 is 11.3 Å². The first kappa shape index (κ1) is 15.9. The van der Waals surface area contributed by atoms with Crippen molar-refractivity contribution in [3.63, 3.8) is 0 Å². The maximum Gasteiger partial charge on any atom is 0.254 e. The highest BCUT2D eigenvalue weighted by Crippen LogP contribution is 2.16. The molecule has 3 heterocycles. The summed E-state index contributed by atoms with van der Waals surface area (Å²) in [7, 11) is 0. The quantitative estimate of drug-likeness (QED) is 0.713. The maximum atomic E-state index is 12.8. The largest absolute Gasteiger partial charge is 0.336 e. The molecule has 0 atom stereocenters. The Bertz CT molecular complexity index is 825. The number of rotatable bonds is 4. The number of thiophene rings is 1. The number of piperazine rings is 1. The van der Waals surface area contributed by atoms with Crippen LogP contribution in [0.15, 0.2) is 48.1 Å². The van der Waals surface area contributed by atoms with Crippen LogP contribution in [0.3, 0.4) is 0 Å². The second-order valence-electron chi connectivity index (χ2n) is 5.95. The highest BCUT2D eigenvalue weighted by Gasteiger charge is 2.22. The fraction of sp³-hybridized carbons (Fsp3) is 0.294. The van der Waals surface area contributed by atoms with Gasteiger partial charge < -0.3 is 4.90 Å². The number of amides is 1. The lowest BCUT2D eigenvalue weighted by Crippen LogP contribution is -2.48. The first-order valence-electron chi connectivity index (χ1n) is 8.17.